The number of nitrogens with zero attached hydrogens (tertiary/aromatic N) is 2. The smallest absolute Gasteiger partial charge is 0.408 e. The number of carboxylic acids is 1. The maximum Gasteiger partial charge on any atom is 0.408 e. The largest absolute Gasteiger partial charge is 0.476 e. The number of carbonyl (C=O) groups excluding carboxylic acids is 2. The summed E-state index contributed by atoms with van der Waals surface area (Å²) in [4.78, 5) is 41.6. The summed E-state index contributed by atoms with van der Waals surface area (Å²) in [6, 6.07) is 17.6. The van der Waals surface area contributed by atoms with Gasteiger partial charge in [-0.3, -0.25) is 4.79 Å². The van der Waals surface area contributed by atoms with Gasteiger partial charge in [0.2, 0.25) is 5.78 Å². The fourth-order valence-corrected chi connectivity index (χ4v) is 3.49. The number of ketones is 1. The molecule has 1 amide bonds. The van der Waals surface area contributed by atoms with Crippen LogP contribution in [0.3, 0.4) is 0 Å². The fraction of sp³-hybridized carbons (Fsp3) is 0.308. The number of rotatable bonds is 11. The second-order valence-electron chi connectivity index (χ2n) is 8.37. The first-order valence-electron chi connectivity index (χ1n) is 11.2. The van der Waals surface area contributed by atoms with E-state index in [1.165, 1.54) is 4.57 Å². The van der Waals surface area contributed by atoms with Crippen molar-refractivity contribution < 1.29 is 29.0 Å². The van der Waals surface area contributed by atoms with E-state index in [4.69, 9.17) is 9.47 Å². The van der Waals surface area contributed by atoms with Crippen LogP contribution in [0, 0.1) is 5.92 Å². The number of carbonyl (C=O) groups is 3. The molecule has 1 heterocycles. The molecule has 1 atom stereocenters. The van der Waals surface area contributed by atoms with E-state index in [1.807, 2.05) is 60.7 Å². The molecule has 0 radical (unpaired) electrons. The molecule has 0 unspecified atom stereocenters. The van der Waals surface area contributed by atoms with Gasteiger partial charge in [-0.25, -0.2) is 14.6 Å². The topological polar surface area (TPSA) is 120 Å². The molecule has 0 saturated heterocycles. The normalized spacial score (nSPS) is 11.8. The van der Waals surface area contributed by atoms with Crippen LogP contribution in [-0.2, 0) is 36.3 Å². The van der Waals surface area contributed by atoms with E-state index in [9.17, 15) is 19.5 Å². The minimum Gasteiger partial charge on any atom is -0.476 e. The molecule has 0 bridgehead atoms. The van der Waals surface area contributed by atoms with Gasteiger partial charge in [-0.15, -0.1) is 0 Å². The molecule has 2 N–H and O–H groups in total. The third-order valence-corrected chi connectivity index (χ3v) is 5.42. The maximum atomic E-state index is 13.3. The van der Waals surface area contributed by atoms with Gasteiger partial charge < -0.3 is 24.5 Å². The second-order valence-corrected chi connectivity index (χ2v) is 8.37. The SMILES string of the molecule is CC(C)[C@H](NC(=O)OCc1ccccc1)C(=O)c1nc(C(=O)O)c(COCc2ccccc2)n1C. The number of amides is 1. The molecular weight excluding hydrogens is 450 g/mol. The summed E-state index contributed by atoms with van der Waals surface area (Å²) >= 11 is 0. The Balaban J connectivity index is 1.72. The summed E-state index contributed by atoms with van der Waals surface area (Å²) in [5.41, 5.74) is 1.73. The van der Waals surface area contributed by atoms with Crippen molar-refractivity contribution in [2.45, 2.75) is 39.7 Å². The third-order valence-electron chi connectivity index (χ3n) is 5.42. The first kappa shape index (κ1) is 25.6. The number of imidazole rings is 1. The Morgan fingerprint density at radius 3 is 2.06 bits per heavy atom. The number of hydrogen-bond donors (Lipinski definition) is 2. The molecule has 35 heavy (non-hydrogen) atoms. The van der Waals surface area contributed by atoms with Gasteiger partial charge in [-0.2, -0.15) is 0 Å². The van der Waals surface area contributed by atoms with Crippen molar-refractivity contribution in [3.8, 4) is 0 Å². The van der Waals surface area contributed by atoms with Crippen molar-refractivity contribution in [3.63, 3.8) is 0 Å². The quantitative estimate of drug-likeness (QED) is 0.399. The fourth-order valence-electron chi connectivity index (χ4n) is 3.49. The number of benzene rings is 2. The van der Waals surface area contributed by atoms with E-state index < -0.39 is 23.9 Å². The van der Waals surface area contributed by atoms with Crippen molar-refractivity contribution in [1.29, 1.82) is 0 Å². The van der Waals surface area contributed by atoms with Crippen LogP contribution >= 0.6 is 0 Å². The predicted octanol–water partition coefficient (Wildman–Crippen LogP) is 3.97. The van der Waals surface area contributed by atoms with E-state index in [0.717, 1.165) is 11.1 Å². The lowest BCUT2D eigenvalue weighted by molar-refractivity contribution is 0.0675. The summed E-state index contributed by atoms with van der Waals surface area (Å²) in [5.74, 6) is -2.16. The minimum atomic E-state index is -1.27. The van der Waals surface area contributed by atoms with E-state index in [0.29, 0.717) is 0 Å². The van der Waals surface area contributed by atoms with Crippen molar-refractivity contribution in [2.24, 2.45) is 13.0 Å². The maximum absolute atomic E-state index is 13.3. The van der Waals surface area contributed by atoms with Gasteiger partial charge in [0.15, 0.2) is 11.5 Å². The van der Waals surface area contributed by atoms with Crippen LogP contribution in [-0.4, -0.2) is 38.5 Å². The van der Waals surface area contributed by atoms with Crippen LogP contribution in [0.2, 0.25) is 0 Å². The van der Waals surface area contributed by atoms with Crippen LogP contribution in [0.4, 0.5) is 4.79 Å². The molecule has 3 rings (SSSR count). The molecule has 3 aromatic rings. The van der Waals surface area contributed by atoms with Gasteiger partial charge in [0, 0.05) is 7.05 Å². The summed E-state index contributed by atoms with van der Waals surface area (Å²) in [5, 5.41) is 12.2. The average Bonchev–Trinajstić information content (AvgIpc) is 3.18. The molecule has 9 nitrogen and oxygen atoms in total. The molecule has 9 heteroatoms. The molecule has 184 valence electrons. The number of carboxylic acid groups (broad SMARTS) is 1. The number of Topliss-reactive ketones (excluding diaryl/α,β-unsaturated/α-hetero) is 1. The molecule has 1 aromatic heterocycles. The molecule has 0 aliphatic rings. The monoisotopic (exact) mass is 479 g/mol. The lowest BCUT2D eigenvalue weighted by atomic mass is 9.99. The number of alkyl carbamates (subject to hydrolysis) is 1. The Labute approximate surface area is 203 Å². The molecule has 0 spiro atoms. The number of ether oxygens (including phenoxy) is 2. The van der Waals surface area contributed by atoms with Crippen molar-refractivity contribution in [2.75, 3.05) is 0 Å². The molecule has 0 saturated carbocycles. The van der Waals surface area contributed by atoms with Gasteiger partial charge in [0.05, 0.1) is 18.9 Å². The highest BCUT2D eigenvalue weighted by Gasteiger charge is 2.32. The van der Waals surface area contributed by atoms with Crippen molar-refractivity contribution in [1.82, 2.24) is 14.9 Å². The van der Waals surface area contributed by atoms with Crippen LogP contribution in [0.1, 0.15) is 51.8 Å². The van der Waals surface area contributed by atoms with Crippen LogP contribution in [0.15, 0.2) is 60.7 Å². The zero-order valence-electron chi connectivity index (χ0n) is 19.9. The second kappa shape index (κ2) is 11.9. The number of nitrogens with one attached hydrogen (secondary N) is 1. The number of aromatic carboxylic acids is 1. The Kier molecular flexibility index (Phi) is 8.74. The zero-order valence-corrected chi connectivity index (χ0v) is 19.9. The molecule has 0 aliphatic heterocycles. The number of hydrogen-bond acceptors (Lipinski definition) is 6. The van der Waals surface area contributed by atoms with Crippen LogP contribution in [0.25, 0.3) is 0 Å². The van der Waals surface area contributed by atoms with Gasteiger partial charge in [0.1, 0.15) is 12.6 Å². The summed E-state index contributed by atoms with van der Waals surface area (Å²) in [7, 11) is 1.55. The highest BCUT2D eigenvalue weighted by molar-refractivity contribution is 6.00. The van der Waals surface area contributed by atoms with Crippen LogP contribution < -0.4 is 5.32 Å². The Hall–Kier alpha value is -3.98. The highest BCUT2D eigenvalue weighted by atomic mass is 16.5. The van der Waals surface area contributed by atoms with E-state index >= 15 is 0 Å². The van der Waals surface area contributed by atoms with Crippen molar-refractivity contribution >= 4 is 17.8 Å². The molecule has 0 fully saturated rings. The Morgan fingerprint density at radius 2 is 1.51 bits per heavy atom. The summed E-state index contributed by atoms with van der Waals surface area (Å²) in [6.45, 7) is 3.82. The lowest BCUT2D eigenvalue weighted by Gasteiger charge is -2.20. The van der Waals surface area contributed by atoms with Gasteiger partial charge in [0.25, 0.3) is 0 Å². The summed E-state index contributed by atoms with van der Waals surface area (Å²) in [6.07, 6.45) is -0.750. The average molecular weight is 480 g/mol. The Morgan fingerprint density at radius 1 is 0.943 bits per heavy atom. The van der Waals surface area contributed by atoms with Gasteiger partial charge in [-0.05, 0) is 17.0 Å². The first-order valence-corrected chi connectivity index (χ1v) is 11.2. The van der Waals surface area contributed by atoms with Gasteiger partial charge >= 0.3 is 12.1 Å². The van der Waals surface area contributed by atoms with E-state index in [1.54, 1.807) is 20.9 Å². The van der Waals surface area contributed by atoms with Crippen molar-refractivity contribution in [3.05, 3.63) is 89.0 Å². The molecule has 2 aromatic carbocycles. The minimum absolute atomic E-state index is 0.0494. The lowest BCUT2D eigenvalue weighted by Crippen LogP contribution is -2.45. The molecule has 0 aliphatic carbocycles. The van der Waals surface area contributed by atoms with Gasteiger partial charge in [-0.1, -0.05) is 74.5 Å². The first-order chi connectivity index (χ1) is 16.8. The summed E-state index contributed by atoms with van der Waals surface area (Å²) < 4.78 is 12.3. The number of aromatic nitrogens is 2. The Bertz CT molecular complexity index is 1160. The zero-order chi connectivity index (χ0) is 25.4. The van der Waals surface area contributed by atoms with E-state index in [2.05, 4.69) is 10.3 Å². The molecular formula is C26H29N3O6. The van der Waals surface area contributed by atoms with Crippen LogP contribution in [0.5, 0.6) is 0 Å². The van der Waals surface area contributed by atoms with E-state index in [-0.39, 0.29) is 43.0 Å². The third kappa shape index (κ3) is 6.77. The highest BCUT2D eigenvalue weighted by Crippen LogP contribution is 2.17. The predicted molar refractivity (Wildman–Crippen MR) is 128 cm³/mol. The standard InChI is InChI=1S/C26H29N3O6/c1-17(2)21(28-26(33)35-15-19-12-8-5-9-13-19)23(30)24-27-22(25(31)32)20(29(24)3)16-34-14-18-10-6-4-7-11-18/h4-13,17,21H,14-16H2,1-3H3,(H,28,33)(H,31,32)/t21-/m0/s1.